The van der Waals surface area contributed by atoms with Gasteiger partial charge in [0.15, 0.2) is 0 Å². The average Bonchev–Trinajstić information content (AvgIpc) is 2.50. The Labute approximate surface area is 94.6 Å². The molecular weight excluding hydrogens is 199 g/mol. The molecule has 0 aromatic heterocycles. The van der Waals surface area contributed by atoms with Crippen molar-refractivity contribution in [1.29, 1.82) is 0 Å². The Morgan fingerprint density at radius 3 is 1.80 bits per heavy atom. The molecule has 0 spiro atoms. The molecule has 1 aliphatic rings. The van der Waals surface area contributed by atoms with Crippen molar-refractivity contribution in [1.82, 2.24) is 0 Å². The molecule has 15 heavy (non-hydrogen) atoms. The van der Waals surface area contributed by atoms with Gasteiger partial charge in [-0.25, -0.2) is 0 Å². The molecule has 79 valence electrons. The van der Waals surface area contributed by atoms with Crippen LogP contribution in [0.15, 0.2) is 5.31 Å². The molecule has 0 fully saturated rings. The van der Waals surface area contributed by atoms with Crippen molar-refractivity contribution in [2.75, 3.05) is 0 Å². The first-order chi connectivity index (χ1) is 6.95. The van der Waals surface area contributed by atoms with E-state index in [2.05, 4.69) is 41.5 Å². The normalized spacial score (nSPS) is 16.4. The topological polar surface area (TPSA) is 0 Å². The van der Waals surface area contributed by atoms with E-state index in [0.717, 1.165) is 0 Å². The maximum absolute atomic E-state index is 2.26. The van der Waals surface area contributed by atoms with Gasteiger partial charge in [0, 0.05) is 0 Å². The minimum Gasteiger partial charge on any atom is -0.0444 e. The van der Waals surface area contributed by atoms with E-state index >= 15 is 0 Å². The number of allylic oxidation sites excluding steroid dienone is 2. The molecule has 0 N–H and O–H groups in total. The fourth-order valence-corrected chi connectivity index (χ4v) is 3.72. The van der Waals surface area contributed by atoms with E-state index in [1.807, 2.05) is 0 Å². The number of rotatable bonds is 0. The lowest BCUT2D eigenvalue weighted by atomic mass is 9.91. The molecule has 0 aliphatic carbocycles. The van der Waals surface area contributed by atoms with Crippen LogP contribution in [-0.2, 0) is 0 Å². The second kappa shape index (κ2) is 3.46. The summed E-state index contributed by atoms with van der Waals surface area (Å²) in [6.07, 6.45) is 0. The van der Waals surface area contributed by atoms with Gasteiger partial charge in [0.1, 0.15) is 0 Å². The summed E-state index contributed by atoms with van der Waals surface area (Å²) in [5, 5.41) is 3.06. The lowest BCUT2D eigenvalue weighted by molar-refractivity contribution is 1.22. The van der Waals surface area contributed by atoms with Gasteiger partial charge in [0.2, 0.25) is 0 Å². The average molecular weight is 217 g/mol. The zero-order valence-electron chi connectivity index (χ0n) is 10.4. The van der Waals surface area contributed by atoms with Crippen LogP contribution < -0.4 is 5.30 Å². The molecule has 1 aromatic carbocycles. The highest BCUT2D eigenvalue weighted by molar-refractivity contribution is 7.53. The first kappa shape index (κ1) is 10.9. The zero-order valence-corrected chi connectivity index (χ0v) is 11.3. The van der Waals surface area contributed by atoms with Crippen LogP contribution in [0.5, 0.6) is 0 Å². The quantitative estimate of drug-likeness (QED) is 0.570. The third-order valence-electron chi connectivity index (χ3n) is 3.85. The molecule has 1 aromatic rings. The highest BCUT2D eigenvalue weighted by Gasteiger charge is 2.23. The predicted octanol–water partition coefficient (Wildman–Crippen LogP) is 4.26. The minimum absolute atomic E-state index is 1.42. The summed E-state index contributed by atoms with van der Waals surface area (Å²) in [5.41, 5.74) is 8.93. The summed E-state index contributed by atoms with van der Waals surface area (Å²) < 4.78 is 0. The van der Waals surface area contributed by atoms with Crippen LogP contribution in [0.25, 0.3) is 5.57 Å². The van der Waals surface area contributed by atoms with E-state index < -0.39 is 0 Å². The highest BCUT2D eigenvalue weighted by atomic mass is 31.1. The molecule has 0 saturated heterocycles. The lowest BCUT2D eigenvalue weighted by Gasteiger charge is -2.16. The van der Waals surface area contributed by atoms with E-state index in [9.17, 15) is 0 Å². The second-order valence-electron chi connectivity index (χ2n) is 4.55. The van der Waals surface area contributed by atoms with Crippen molar-refractivity contribution < 1.29 is 0 Å². The van der Waals surface area contributed by atoms with Crippen LogP contribution >= 0.6 is 8.58 Å². The first-order valence-electron chi connectivity index (χ1n) is 5.45. The molecule has 1 aliphatic heterocycles. The molecule has 1 heteroatoms. The van der Waals surface area contributed by atoms with E-state index in [1.54, 1.807) is 5.30 Å². The third kappa shape index (κ3) is 1.39. The Kier molecular flexibility index (Phi) is 2.51. The van der Waals surface area contributed by atoms with Gasteiger partial charge in [-0.2, -0.15) is 0 Å². The summed E-state index contributed by atoms with van der Waals surface area (Å²) in [6, 6.07) is 0. The van der Waals surface area contributed by atoms with E-state index in [-0.39, 0.29) is 0 Å². The molecular formula is C14H18P. The Morgan fingerprint density at radius 2 is 1.20 bits per heavy atom. The van der Waals surface area contributed by atoms with Crippen LogP contribution in [-0.4, -0.2) is 0 Å². The van der Waals surface area contributed by atoms with Crippen LogP contribution in [0.2, 0.25) is 0 Å². The van der Waals surface area contributed by atoms with Crippen molar-refractivity contribution in [2.45, 2.75) is 41.5 Å². The second-order valence-corrected chi connectivity index (χ2v) is 5.89. The van der Waals surface area contributed by atoms with Gasteiger partial charge in [0.25, 0.3) is 0 Å². The van der Waals surface area contributed by atoms with Gasteiger partial charge in [-0.1, -0.05) is 0 Å². The van der Waals surface area contributed by atoms with Crippen molar-refractivity contribution in [3.8, 4) is 0 Å². The van der Waals surface area contributed by atoms with Gasteiger partial charge >= 0.3 is 0 Å². The fourth-order valence-electron chi connectivity index (χ4n) is 2.32. The molecule has 1 heterocycles. The lowest BCUT2D eigenvalue weighted by Crippen LogP contribution is -2.10. The first-order valence-corrected chi connectivity index (χ1v) is 6.34. The van der Waals surface area contributed by atoms with E-state index in [1.165, 1.54) is 47.3 Å². The Hall–Kier alpha value is -0.610. The van der Waals surface area contributed by atoms with Crippen LogP contribution in [0.4, 0.5) is 0 Å². The van der Waals surface area contributed by atoms with Gasteiger partial charge in [-0.3, -0.25) is 0 Å². The Bertz CT molecular complexity index is 479. The minimum atomic E-state index is 1.42. The largest absolute Gasteiger partial charge is 0.0444 e. The van der Waals surface area contributed by atoms with Gasteiger partial charge in [-0.15, -0.1) is 0 Å². The predicted molar refractivity (Wildman–Crippen MR) is 70.2 cm³/mol. The van der Waals surface area contributed by atoms with E-state index in [0.29, 0.717) is 0 Å². The maximum Gasteiger partial charge on any atom is -0.00395 e. The highest BCUT2D eigenvalue weighted by Crippen LogP contribution is 2.43. The van der Waals surface area contributed by atoms with Gasteiger partial charge in [-0.05, 0) is 94.1 Å². The molecule has 0 saturated carbocycles. The summed E-state index contributed by atoms with van der Waals surface area (Å²) >= 11 is 0. The third-order valence-corrected chi connectivity index (χ3v) is 5.31. The van der Waals surface area contributed by atoms with E-state index in [4.69, 9.17) is 0 Å². The van der Waals surface area contributed by atoms with Crippen LogP contribution in [0.3, 0.4) is 0 Å². The summed E-state index contributed by atoms with van der Waals surface area (Å²) in [6.45, 7) is 13.5. The monoisotopic (exact) mass is 217 g/mol. The van der Waals surface area contributed by atoms with Crippen molar-refractivity contribution in [3.05, 3.63) is 33.1 Å². The fraction of sp³-hybridized carbons (Fsp3) is 0.429. The standard InChI is InChI=1S/C14H18P/c1-7-8(2)10(4)14-13(9(7)3)11(5)12(6)15-14/h1-6H3. The summed E-state index contributed by atoms with van der Waals surface area (Å²) in [4.78, 5) is 0. The van der Waals surface area contributed by atoms with Gasteiger partial charge in [0.05, 0.1) is 0 Å². The summed E-state index contributed by atoms with van der Waals surface area (Å²) in [7, 11) is 1.42. The van der Waals surface area contributed by atoms with Crippen LogP contribution in [0, 0.1) is 27.7 Å². The number of hydrogen-bond acceptors (Lipinski definition) is 0. The maximum atomic E-state index is 2.26. The molecule has 0 amide bonds. The Morgan fingerprint density at radius 1 is 0.667 bits per heavy atom. The molecule has 0 unspecified atom stereocenters. The number of hydrogen-bond donors (Lipinski definition) is 0. The smallest absolute Gasteiger partial charge is 0.00395 e. The molecule has 0 atom stereocenters. The van der Waals surface area contributed by atoms with Crippen molar-refractivity contribution >= 4 is 19.5 Å². The molecule has 0 nitrogen and oxygen atoms in total. The summed E-state index contributed by atoms with van der Waals surface area (Å²) in [5.74, 6) is 0. The molecule has 1 radical (unpaired) electrons. The SMILES string of the molecule is CC1=C(C)c2c(C)c(C)c(C)c(C)c2[P]1. The molecule has 2 rings (SSSR count). The van der Waals surface area contributed by atoms with Crippen molar-refractivity contribution in [3.63, 3.8) is 0 Å². The molecule has 0 bridgehead atoms. The number of fused-ring (bicyclic) bond motifs is 1. The van der Waals surface area contributed by atoms with Crippen molar-refractivity contribution in [2.24, 2.45) is 0 Å². The van der Waals surface area contributed by atoms with Crippen LogP contribution in [0.1, 0.15) is 41.7 Å². The van der Waals surface area contributed by atoms with Gasteiger partial charge < -0.3 is 0 Å². The Balaban J connectivity index is 2.83. The zero-order chi connectivity index (χ0) is 11.3. The number of benzene rings is 1.